The zero-order chi connectivity index (χ0) is 14.7. The first-order valence-corrected chi connectivity index (χ1v) is 6.43. The fraction of sp³-hybridized carbons (Fsp3) is 0.385. The molecule has 0 aliphatic carbocycles. The Morgan fingerprint density at radius 2 is 1.75 bits per heavy atom. The van der Waals surface area contributed by atoms with Crippen molar-refractivity contribution >= 4 is 18.9 Å². The van der Waals surface area contributed by atoms with Crippen LogP contribution in [-0.4, -0.2) is 53.0 Å². The van der Waals surface area contributed by atoms with Gasteiger partial charge < -0.3 is 14.8 Å². The highest BCUT2D eigenvalue weighted by molar-refractivity contribution is 6.40. The molecule has 0 radical (unpaired) electrons. The minimum atomic E-state index is -1.52. The van der Waals surface area contributed by atoms with Crippen LogP contribution in [0.3, 0.4) is 0 Å². The summed E-state index contributed by atoms with van der Waals surface area (Å²) in [6, 6.07) is 6.72. The van der Waals surface area contributed by atoms with Crippen molar-refractivity contribution in [3.63, 3.8) is 0 Å². The molecule has 0 saturated carbocycles. The van der Waals surface area contributed by atoms with Gasteiger partial charge in [-0.2, -0.15) is 0 Å². The number of nitrogens with zero attached hydrogens (tertiary/aromatic N) is 1. The van der Waals surface area contributed by atoms with Crippen LogP contribution in [0.4, 0.5) is 0 Å². The molecular weight excluding hydrogens is 261 g/mol. The number of benzene rings is 1. The Bertz CT molecular complexity index is 484. The van der Waals surface area contributed by atoms with Crippen molar-refractivity contribution in [3.05, 3.63) is 35.4 Å². The predicted molar refractivity (Wildman–Crippen MR) is 72.0 cm³/mol. The average molecular weight is 277 g/mol. The summed E-state index contributed by atoms with van der Waals surface area (Å²) in [5.41, 5.74) is 0.855. The third kappa shape index (κ3) is 3.06. The monoisotopic (exact) mass is 277 g/mol. The van der Waals surface area contributed by atoms with E-state index in [4.69, 9.17) is 14.8 Å². The van der Waals surface area contributed by atoms with Crippen LogP contribution < -0.4 is 0 Å². The number of carbonyl (C=O) groups excluding carboxylic acids is 2. The van der Waals surface area contributed by atoms with Gasteiger partial charge in [0, 0.05) is 6.54 Å². The minimum Gasteiger partial charge on any atom is -0.426 e. The van der Waals surface area contributed by atoms with E-state index < -0.39 is 7.12 Å². The molecule has 6 nitrogen and oxygen atoms in total. The number of ether oxygens (including phenoxy) is 1. The maximum absolute atomic E-state index is 12.1. The molecule has 0 bridgehead atoms. The van der Waals surface area contributed by atoms with Crippen LogP contribution in [0, 0.1) is 0 Å². The zero-order valence-electron chi connectivity index (χ0n) is 11.2. The van der Waals surface area contributed by atoms with Gasteiger partial charge in [-0.15, -0.1) is 0 Å². The summed E-state index contributed by atoms with van der Waals surface area (Å²) in [6.45, 7) is 1.80. The van der Waals surface area contributed by atoms with Crippen molar-refractivity contribution in [2.45, 2.75) is 19.4 Å². The van der Waals surface area contributed by atoms with Gasteiger partial charge in [-0.05, 0) is 25.5 Å². The van der Waals surface area contributed by atoms with Crippen LogP contribution in [0.25, 0.3) is 0 Å². The molecule has 0 spiro atoms. The van der Waals surface area contributed by atoms with Gasteiger partial charge in [0.25, 0.3) is 11.8 Å². The van der Waals surface area contributed by atoms with Gasteiger partial charge in [-0.1, -0.05) is 12.1 Å². The van der Waals surface area contributed by atoms with Gasteiger partial charge in [0.05, 0.1) is 23.7 Å². The lowest BCUT2D eigenvalue weighted by Crippen LogP contribution is -2.33. The normalized spacial score (nSPS) is 15.4. The summed E-state index contributed by atoms with van der Waals surface area (Å²) in [4.78, 5) is 25.3. The molecule has 1 aromatic carbocycles. The van der Waals surface area contributed by atoms with Crippen molar-refractivity contribution < 1.29 is 24.4 Å². The van der Waals surface area contributed by atoms with Crippen LogP contribution in [0.15, 0.2) is 24.3 Å². The SMILES string of the molecule is CC(CCN1C(=O)c2ccccc2C1=O)OCB(O)O. The Labute approximate surface area is 117 Å². The summed E-state index contributed by atoms with van der Waals surface area (Å²) >= 11 is 0. The molecule has 7 heteroatoms. The molecule has 1 atom stereocenters. The summed E-state index contributed by atoms with van der Waals surface area (Å²) in [7, 11) is -1.52. The van der Waals surface area contributed by atoms with Crippen molar-refractivity contribution in [3.8, 4) is 0 Å². The molecule has 1 aliphatic rings. The number of fused-ring (bicyclic) bond motifs is 1. The minimum absolute atomic E-state index is 0.191. The molecular formula is C13H16BNO5. The van der Waals surface area contributed by atoms with E-state index in [2.05, 4.69) is 0 Å². The molecule has 1 heterocycles. The van der Waals surface area contributed by atoms with E-state index in [0.717, 1.165) is 0 Å². The highest BCUT2D eigenvalue weighted by Gasteiger charge is 2.34. The number of rotatable bonds is 6. The van der Waals surface area contributed by atoms with Crippen molar-refractivity contribution in [1.82, 2.24) is 4.90 Å². The highest BCUT2D eigenvalue weighted by atomic mass is 16.5. The van der Waals surface area contributed by atoms with E-state index in [0.29, 0.717) is 17.5 Å². The largest absolute Gasteiger partial charge is 0.479 e. The Morgan fingerprint density at radius 1 is 1.20 bits per heavy atom. The van der Waals surface area contributed by atoms with E-state index in [9.17, 15) is 9.59 Å². The van der Waals surface area contributed by atoms with Gasteiger partial charge in [-0.3, -0.25) is 14.5 Å². The first-order valence-electron chi connectivity index (χ1n) is 6.43. The number of amides is 2. The quantitative estimate of drug-likeness (QED) is 0.568. The Balaban J connectivity index is 1.92. The number of hydrogen-bond acceptors (Lipinski definition) is 5. The molecule has 2 N–H and O–H groups in total. The average Bonchev–Trinajstić information content (AvgIpc) is 2.67. The molecule has 20 heavy (non-hydrogen) atoms. The fourth-order valence-corrected chi connectivity index (χ4v) is 2.09. The molecule has 1 aromatic rings. The Morgan fingerprint density at radius 3 is 2.25 bits per heavy atom. The first-order chi connectivity index (χ1) is 9.50. The predicted octanol–water partition coefficient (Wildman–Crippen LogP) is 0.0898. The maximum Gasteiger partial charge on any atom is 0.479 e. The van der Waals surface area contributed by atoms with E-state index in [-0.39, 0.29) is 31.0 Å². The molecule has 106 valence electrons. The van der Waals surface area contributed by atoms with Crippen LogP contribution in [-0.2, 0) is 4.74 Å². The number of carbonyl (C=O) groups is 2. The van der Waals surface area contributed by atoms with E-state index in [1.165, 1.54) is 4.90 Å². The maximum atomic E-state index is 12.1. The third-order valence-electron chi connectivity index (χ3n) is 3.17. The second kappa shape index (κ2) is 6.17. The van der Waals surface area contributed by atoms with Gasteiger partial charge in [0.15, 0.2) is 0 Å². The van der Waals surface area contributed by atoms with Crippen LogP contribution in [0.5, 0.6) is 0 Å². The molecule has 0 saturated heterocycles. The lowest BCUT2D eigenvalue weighted by Gasteiger charge is -2.17. The molecule has 1 unspecified atom stereocenters. The summed E-state index contributed by atoms with van der Waals surface area (Å²) in [5, 5.41) is 17.4. The van der Waals surface area contributed by atoms with Gasteiger partial charge in [-0.25, -0.2) is 0 Å². The molecule has 0 aromatic heterocycles. The summed E-state index contributed by atoms with van der Waals surface area (Å²) < 4.78 is 5.16. The molecule has 2 amide bonds. The van der Waals surface area contributed by atoms with Crippen LogP contribution in [0.2, 0.25) is 0 Å². The molecule has 0 fully saturated rings. The molecule has 2 rings (SSSR count). The van der Waals surface area contributed by atoms with E-state index in [1.807, 2.05) is 0 Å². The van der Waals surface area contributed by atoms with E-state index in [1.54, 1.807) is 31.2 Å². The Hall–Kier alpha value is -1.70. The molecule has 1 aliphatic heterocycles. The van der Waals surface area contributed by atoms with E-state index >= 15 is 0 Å². The number of imide groups is 1. The van der Waals surface area contributed by atoms with Crippen LogP contribution >= 0.6 is 0 Å². The first kappa shape index (κ1) is 14.7. The van der Waals surface area contributed by atoms with Gasteiger partial charge in [0.2, 0.25) is 0 Å². The fourth-order valence-electron chi connectivity index (χ4n) is 2.09. The summed E-state index contributed by atoms with van der Waals surface area (Å²) in [6.07, 6.45) is 0.166. The second-order valence-electron chi connectivity index (χ2n) is 4.72. The lowest BCUT2D eigenvalue weighted by atomic mass is 9.95. The zero-order valence-corrected chi connectivity index (χ0v) is 11.2. The third-order valence-corrected chi connectivity index (χ3v) is 3.17. The smallest absolute Gasteiger partial charge is 0.426 e. The second-order valence-corrected chi connectivity index (χ2v) is 4.72. The Kier molecular flexibility index (Phi) is 4.54. The van der Waals surface area contributed by atoms with Gasteiger partial charge in [0.1, 0.15) is 0 Å². The van der Waals surface area contributed by atoms with Gasteiger partial charge >= 0.3 is 7.12 Å². The lowest BCUT2D eigenvalue weighted by molar-refractivity contribution is 0.0540. The standard InChI is InChI=1S/C13H16BNO5/c1-9(20-8-14(18)19)6-7-15-12(16)10-4-2-3-5-11(10)13(15)17/h2-5,9,18-19H,6-8H2,1H3. The topological polar surface area (TPSA) is 87.1 Å². The highest BCUT2D eigenvalue weighted by Crippen LogP contribution is 2.22. The van der Waals surface area contributed by atoms with Crippen LogP contribution in [0.1, 0.15) is 34.1 Å². The van der Waals surface area contributed by atoms with Crippen molar-refractivity contribution in [2.24, 2.45) is 0 Å². The summed E-state index contributed by atoms with van der Waals surface area (Å²) in [5.74, 6) is -0.583. The van der Waals surface area contributed by atoms with Crippen molar-refractivity contribution in [1.29, 1.82) is 0 Å². The van der Waals surface area contributed by atoms with Crippen molar-refractivity contribution in [2.75, 3.05) is 13.1 Å². The number of hydrogen-bond donors (Lipinski definition) is 2.